The fourth-order valence-electron chi connectivity index (χ4n) is 2.38. The number of aromatic nitrogens is 1. The number of aliphatic hydroxyl groups is 1. The van der Waals surface area contributed by atoms with Crippen LogP contribution in [0.15, 0.2) is 30.5 Å². The number of hydrogen-bond acceptors (Lipinski definition) is 4. The van der Waals surface area contributed by atoms with Crippen LogP contribution in [-0.4, -0.2) is 24.3 Å². The summed E-state index contributed by atoms with van der Waals surface area (Å²) in [5.41, 5.74) is 3.93. The molecule has 0 amide bonds. The molecule has 1 heterocycles. The molecular formula is C17H21NO3. The second kappa shape index (κ2) is 6.59. The molecule has 112 valence electrons. The summed E-state index contributed by atoms with van der Waals surface area (Å²) in [6, 6.07) is 7.66. The van der Waals surface area contributed by atoms with Crippen LogP contribution in [0, 0.1) is 13.8 Å². The zero-order chi connectivity index (χ0) is 15.4. The van der Waals surface area contributed by atoms with Gasteiger partial charge in [-0.15, -0.1) is 0 Å². The first-order chi connectivity index (χ1) is 10.0. The van der Waals surface area contributed by atoms with Gasteiger partial charge >= 0.3 is 0 Å². The standard InChI is InChI=1S/C17H21NO3/c1-11-8-16(20-3)12(2)7-14(11)15(19)9-13-5-6-17(21-4)18-10-13/h5-8,10,15,19H,9H2,1-4H3. The van der Waals surface area contributed by atoms with Crippen LogP contribution in [0.3, 0.4) is 0 Å². The zero-order valence-corrected chi connectivity index (χ0v) is 12.9. The van der Waals surface area contributed by atoms with E-state index in [9.17, 15) is 5.11 Å². The van der Waals surface area contributed by atoms with E-state index in [1.54, 1.807) is 26.5 Å². The quantitative estimate of drug-likeness (QED) is 0.918. The van der Waals surface area contributed by atoms with Crippen molar-refractivity contribution >= 4 is 0 Å². The van der Waals surface area contributed by atoms with E-state index in [1.165, 1.54) is 0 Å². The number of hydrogen-bond donors (Lipinski definition) is 1. The Hall–Kier alpha value is -2.07. The third-order valence-corrected chi connectivity index (χ3v) is 3.58. The number of nitrogens with zero attached hydrogens (tertiary/aromatic N) is 1. The van der Waals surface area contributed by atoms with Crippen LogP contribution in [0.4, 0.5) is 0 Å². The average Bonchev–Trinajstić information content (AvgIpc) is 2.49. The normalized spacial score (nSPS) is 12.0. The molecule has 0 aliphatic heterocycles. The molecule has 1 unspecified atom stereocenters. The van der Waals surface area contributed by atoms with E-state index in [0.29, 0.717) is 12.3 Å². The molecule has 4 heteroatoms. The van der Waals surface area contributed by atoms with E-state index in [-0.39, 0.29) is 0 Å². The molecule has 0 fully saturated rings. The van der Waals surface area contributed by atoms with Crippen molar-refractivity contribution in [3.63, 3.8) is 0 Å². The first kappa shape index (κ1) is 15.3. The highest BCUT2D eigenvalue weighted by atomic mass is 16.5. The van der Waals surface area contributed by atoms with Gasteiger partial charge in [-0.2, -0.15) is 0 Å². The lowest BCUT2D eigenvalue weighted by Gasteiger charge is -2.16. The maximum absolute atomic E-state index is 10.5. The van der Waals surface area contributed by atoms with Gasteiger partial charge in [0.15, 0.2) is 0 Å². The van der Waals surface area contributed by atoms with Crippen LogP contribution in [0.25, 0.3) is 0 Å². The van der Waals surface area contributed by atoms with Crippen molar-refractivity contribution in [2.45, 2.75) is 26.4 Å². The van der Waals surface area contributed by atoms with Gasteiger partial charge in [-0.05, 0) is 48.2 Å². The fourth-order valence-corrected chi connectivity index (χ4v) is 2.38. The lowest BCUT2D eigenvalue weighted by molar-refractivity contribution is 0.177. The van der Waals surface area contributed by atoms with Gasteiger partial charge < -0.3 is 14.6 Å². The lowest BCUT2D eigenvalue weighted by Crippen LogP contribution is -2.05. The number of aryl methyl sites for hydroxylation is 2. The van der Waals surface area contributed by atoms with Crippen molar-refractivity contribution in [3.8, 4) is 11.6 Å². The minimum atomic E-state index is -0.565. The Kier molecular flexibility index (Phi) is 4.81. The number of pyridine rings is 1. The number of aliphatic hydroxyl groups excluding tert-OH is 1. The van der Waals surface area contributed by atoms with E-state index in [2.05, 4.69) is 4.98 Å². The predicted molar refractivity (Wildman–Crippen MR) is 81.9 cm³/mol. The van der Waals surface area contributed by atoms with E-state index in [0.717, 1.165) is 28.0 Å². The number of ether oxygens (including phenoxy) is 2. The summed E-state index contributed by atoms with van der Waals surface area (Å²) in [5, 5.41) is 10.5. The summed E-state index contributed by atoms with van der Waals surface area (Å²) in [6.07, 6.45) is 1.68. The summed E-state index contributed by atoms with van der Waals surface area (Å²) >= 11 is 0. The molecule has 1 aromatic heterocycles. The largest absolute Gasteiger partial charge is 0.496 e. The molecule has 0 aliphatic carbocycles. The molecule has 21 heavy (non-hydrogen) atoms. The molecule has 1 aromatic carbocycles. The van der Waals surface area contributed by atoms with Gasteiger partial charge in [0.05, 0.1) is 20.3 Å². The molecule has 4 nitrogen and oxygen atoms in total. The van der Waals surface area contributed by atoms with Crippen LogP contribution in [0.2, 0.25) is 0 Å². The summed E-state index contributed by atoms with van der Waals surface area (Å²) in [7, 11) is 3.24. The molecule has 0 saturated heterocycles. The molecule has 0 bridgehead atoms. The van der Waals surface area contributed by atoms with Gasteiger partial charge in [-0.25, -0.2) is 4.98 Å². The Labute approximate surface area is 125 Å². The number of methoxy groups -OCH3 is 2. The Morgan fingerprint density at radius 3 is 2.43 bits per heavy atom. The fraction of sp³-hybridized carbons (Fsp3) is 0.353. The van der Waals surface area contributed by atoms with Gasteiger partial charge in [-0.3, -0.25) is 0 Å². The topological polar surface area (TPSA) is 51.6 Å². The third-order valence-electron chi connectivity index (χ3n) is 3.58. The Balaban J connectivity index is 2.19. The lowest BCUT2D eigenvalue weighted by atomic mass is 9.96. The molecule has 0 radical (unpaired) electrons. The van der Waals surface area contributed by atoms with Gasteiger partial charge in [0.25, 0.3) is 0 Å². The highest BCUT2D eigenvalue weighted by molar-refractivity contribution is 5.42. The van der Waals surface area contributed by atoms with Crippen molar-refractivity contribution < 1.29 is 14.6 Å². The second-order valence-electron chi connectivity index (χ2n) is 5.11. The van der Waals surface area contributed by atoms with Crippen LogP contribution in [0.1, 0.15) is 28.4 Å². The molecule has 1 atom stereocenters. The molecular weight excluding hydrogens is 266 g/mol. The van der Waals surface area contributed by atoms with E-state index in [1.807, 2.05) is 32.0 Å². The maximum atomic E-state index is 10.5. The smallest absolute Gasteiger partial charge is 0.212 e. The zero-order valence-electron chi connectivity index (χ0n) is 12.9. The second-order valence-corrected chi connectivity index (χ2v) is 5.11. The maximum Gasteiger partial charge on any atom is 0.212 e. The predicted octanol–water partition coefficient (Wildman–Crippen LogP) is 2.99. The van der Waals surface area contributed by atoms with Gasteiger partial charge in [0.1, 0.15) is 5.75 Å². The summed E-state index contributed by atoms with van der Waals surface area (Å²) in [4.78, 5) is 4.16. The van der Waals surface area contributed by atoms with E-state index >= 15 is 0 Å². The van der Waals surface area contributed by atoms with E-state index < -0.39 is 6.10 Å². The van der Waals surface area contributed by atoms with Gasteiger partial charge in [0, 0.05) is 18.7 Å². The molecule has 0 aliphatic rings. The van der Waals surface area contributed by atoms with Crippen LogP contribution in [0.5, 0.6) is 11.6 Å². The van der Waals surface area contributed by atoms with Crippen LogP contribution >= 0.6 is 0 Å². The minimum Gasteiger partial charge on any atom is -0.496 e. The van der Waals surface area contributed by atoms with Gasteiger partial charge in [0.2, 0.25) is 5.88 Å². The van der Waals surface area contributed by atoms with Crippen molar-refractivity contribution in [2.75, 3.05) is 14.2 Å². The number of benzene rings is 1. The van der Waals surface area contributed by atoms with E-state index in [4.69, 9.17) is 9.47 Å². The minimum absolute atomic E-state index is 0.517. The van der Waals surface area contributed by atoms with Crippen molar-refractivity contribution in [1.82, 2.24) is 4.98 Å². The molecule has 1 N–H and O–H groups in total. The number of rotatable bonds is 5. The van der Waals surface area contributed by atoms with Crippen molar-refractivity contribution in [3.05, 3.63) is 52.7 Å². The van der Waals surface area contributed by atoms with Crippen molar-refractivity contribution in [1.29, 1.82) is 0 Å². The highest BCUT2D eigenvalue weighted by Crippen LogP contribution is 2.28. The summed E-state index contributed by atoms with van der Waals surface area (Å²) in [5.74, 6) is 1.42. The first-order valence-electron chi connectivity index (χ1n) is 6.87. The van der Waals surface area contributed by atoms with Crippen LogP contribution < -0.4 is 9.47 Å². The monoisotopic (exact) mass is 287 g/mol. The van der Waals surface area contributed by atoms with Gasteiger partial charge in [-0.1, -0.05) is 6.07 Å². The summed E-state index contributed by atoms with van der Waals surface area (Å²) < 4.78 is 10.3. The SMILES string of the molecule is COc1ccc(CC(O)c2cc(C)c(OC)cc2C)cn1. The Morgan fingerprint density at radius 1 is 1.10 bits per heavy atom. The summed E-state index contributed by atoms with van der Waals surface area (Å²) in [6.45, 7) is 3.95. The van der Waals surface area contributed by atoms with Crippen LogP contribution in [-0.2, 0) is 6.42 Å². The average molecular weight is 287 g/mol. The first-order valence-corrected chi connectivity index (χ1v) is 6.87. The van der Waals surface area contributed by atoms with Crippen molar-refractivity contribution in [2.24, 2.45) is 0 Å². The molecule has 2 rings (SSSR count). The Morgan fingerprint density at radius 2 is 1.86 bits per heavy atom. The molecule has 0 saturated carbocycles. The highest BCUT2D eigenvalue weighted by Gasteiger charge is 2.14. The molecule has 0 spiro atoms. The molecule has 2 aromatic rings. The third kappa shape index (κ3) is 3.52. The Bertz CT molecular complexity index is 608.